The predicted octanol–water partition coefficient (Wildman–Crippen LogP) is 0.955. The maximum atomic E-state index is 11.4. The van der Waals surface area contributed by atoms with Crippen LogP contribution in [0.4, 0.5) is 0 Å². The fourth-order valence-electron chi connectivity index (χ4n) is 1.44. The van der Waals surface area contributed by atoms with Crippen molar-refractivity contribution in [3.8, 4) is 0 Å². The molecule has 0 radical (unpaired) electrons. The second-order valence-corrected chi connectivity index (χ2v) is 5.49. The molecule has 19 heavy (non-hydrogen) atoms. The molecule has 0 aliphatic carbocycles. The number of ketones is 2. The third kappa shape index (κ3) is 9.92. The van der Waals surface area contributed by atoms with Crippen molar-refractivity contribution in [2.24, 2.45) is 0 Å². The quantitative estimate of drug-likeness (QED) is 0.295. The van der Waals surface area contributed by atoms with Crippen LogP contribution in [-0.4, -0.2) is 39.2 Å². The van der Waals surface area contributed by atoms with E-state index >= 15 is 0 Å². The highest BCUT2D eigenvalue weighted by Crippen LogP contribution is 2.35. The van der Waals surface area contributed by atoms with E-state index in [9.17, 15) is 19.3 Å². The number of Topliss-reactive ketones (excluding diaryl/α,β-unsaturated/α-hetero) is 2. The van der Waals surface area contributed by atoms with Crippen LogP contribution in [0.15, 0.2) is 0 Å². The monoisotopic (exact) mass is 296 g/mol. The first kappa shape index (κ1) is 18.4. The van der Waals surface area contributed by atoms with Gasteiger partial charge in [0.05, 0.1) is 6.61 Å². The molecule has 0 saturated carbocycles. The second-order valence-electron chi connectivity index (χ2n) is 4.25. The molecule has 0 amide bonds. The number of phosphoric acid groups is 1. The Balaban J connectivity index is 3.91. The molecule has 1 unspecified atom stereocenters. The van der Waals surface area contributed by atoms with E-state index in [1.54, 1.807) is 0 Å². The van der Waals surface area contributed by atoms with Gasteiger partial charge in [0.25, 0.3) is 0 Å². The van der Waals surface area contributed by atoms with Crippen LogP contribution in [-0.2, 0) is 18.7 Å². The smallest absolute Gasteiger partial charge is 0.382 e. The topological polar surface area (TPSA) is 121 Å². The second kappa shape index (κ2) is 9.34. The van der Waals surface area contributed by atoms with Crippen molar-refractivity contribution in [1.82, 2.24) is 0 Å². The first-order chi connectivity index (χ1) is 8.78. The van der Waals surface area contributed by atoms with E-state index in [1.165, 1.54) is 0 Å². The molecule has 0 aliphatic rings. The molecule has 0 fully saturated rings. The van der Waals surface area contributed by atoms with E-state index in [4.69, 9.17) is 9.79 Å². The van der Waals surface area contributed by atoms with Gasteiger partial charge in [0.1, 0.15) is 6.10 Å². The van der Waals surface area contributed by atoms with Gasteiger partial charge in [-0.25, -0.2) is 4.57 Å². The molecular weight excluding hydrogens is 275 g/mol. The summed E-state index contributed by atoms with van der Waals surface area (Å²) in [5, 5.41) is 9.25. The van der Waals surface area contributed by atoms with E-state index in [-0.39, 0.29) is 6.42 Å². The van der Waals surface area contributed by atoms with Crippen LogP contribution >= 0.6 is 7.82 Å². The van der Waals surface area contributed by atoms with E-state index in [0.29, 0.717) is 6.42 Å². The van der Waals surface area contributed by atoms with Crippen molar-refractivity contribution < 1.29 is 33.6 Å². The Labute approximate surface area is 112 Å². The maximum absolute atomic E-state index is 11.4. The van der Waals surface area contributed by atoms with Gasteiger partial charge >= 0.3 is 7.82 Å². The minimum Gasteiger partial charge on any atom is -0.382 e. The zero-order valence-electron chi connectivity index (χ0n) is 10.9. The molecule has 0 heterocycles. The van der Waals surface area contributed by atoms with Gasteiger partial charge in [-0.05, 0) is 6.42 Å². The van der Waals surface area contributed by atoms with Crippen molar-refractivity contribution in [3.63, 3.8) is 0 Å². The Bertz CT molecular complexity index is 336. The van der Waals surface area contributed by atoms with E-state index in [2.05, 4.69) is 11.4 Å². The summed E-state index contributed by atoms with van der Waals surface area (Å²) < 4.78 is 14.3. The number of aliphatic hydroxyl groups is 1. The molecule has 8 heteroatoms. The number of unbranched alkanes of at least 4 members (excludes halogenated alkanes) is 4. The molecule has 0 saturated heterocycles. The zero-order valence-corrected chi connectivity index (χ0v) is 11.8. The fourth-order valence-corrected chi connectivity index (χ4v) is 1.78. The van der Waals surface area contributed by atoms with Crippen molar-refractivity contribution in [1.29, 1.82) is 0 Å². The van der Waals surface area contributed by atoms with Crippen molar-refractivity contribution >= 4 is 19.4 Å². The molecule has 0 bridgehead atoms. The number of rotatable bonds is 11. The summed E-state index contributed by atoms with van der Waals surface area (Å²) in [6.07, 6.45) is 2.75. The Kier molecular flexibility index (Phi) is 9.05. The summed E-state index contributed by atoms with van der Waals surface area (Å²) >= 11 is 0. The van der Waals surface area contributed by atoms with Gasteiger partial charge in [-0.15, -0.1) is 0 Å². The highest BCUT2D eigenvalue weighted by Gasteiger charge is 2.25. The molecule has 0 aromatic heterocycles. The number of phosphoric ester groups is 1. The molecule has 0 aromatic rings. The molecule has 3 N–H and O–H groups in total. The molecule has 0 aromatic carbocycles. The largest absolute Gasteiger partial charge is 0.469 e. The third-order valence-electron chi connectivity index (χ3n) is 2.49. The lowest BCUT2D eigenvalue weighted by molar-refractivity contribution is -0.142. The number of aliphatic hydroxyl groups excluding tert-OH is 1. The molecule has 0 rings (SSSR count). The van der Waals surface area contributed by atoms with Gasteiger partial charge in [-0.1, -0.05) is 32.6 Å². The zero-order chi connectivity index (χ0) is 14.9. The van der Waals surface area contributed by atoms with E-state index in [1.807, 2.05) is 0 Å². The van der Waals surface area contributed by atoms with Gasteiger partial charge in [0.2, 0.25) is 11.6 Å². The normalized spacial score (nSPS) is 13.3. The van der Waals surface area contributed by atoms with Crippen LogP contribution in [0.1, 0.15) is 45.4 Å². The van der Waals surface area contributed by atoms with Crippen molar-refractivity contribution in [2.45, 2.75) is 51.6 Å². The highest BCUT2D eigenvalue weighted by atomic mass is 31.2. The molecule has 7 nitrogen and oxygen atoms in total. The highest BCUT2D eigenvalue weighted by molar-refractivity contribution is 7.46. The van der Waals surface area contributed by atoms with Crippen LogP contribution in [0, 0.1) is 0 Å². The number of carbonyl (C=O) groups excluding carboxylic acids is 2. The summed E-state index contributed by atoms with van der Waals surface area (Å²) in [5.41, 5.74) is 0. The van der Waals surface area contributed by atoms with E-state index in [0.717, 1.165) is 25.7 Å². The van der Waals surface area contributed by atoms with Gasteiger partial charge in [-0.2, -0.15) is 0 Å². The van der Waals surface area contributed by atoms with Gasteiger partial charge in [0, 0.05) is 6.42 Å². The molecule has 0 spiro atoms. The summed E-state index contributed by atoms with van der Waals surface area (Å²) in [4.78, 5) is 39.5. The van der Waals surface area contributed by atoms with Gasteiger partial charge in [0.15, 0.2) is 0 Å². The summed E-state index contributed by atoms with van der Waals surface area (Å²) in [5.74, 6) is -1.80. The van der Waals surface area contributed by atoms with Crippen LogP contribution < -0.4 is 0 Å². The molecule has 112 valence electrons. The number of hydrogen-bond acceptors (Lipinski definition) is 5. The lowest BCUT2D eigenvalue weighted by Crippen LogP contribution is -2.32. The Morgan fingerprint density at radius 2 is 1.74 bits per heavy atom. The molecule has 1 atom stereocenters. The van der Waals surface area contributed by atoms with Gasteiger partial charge in [-0.3, -0.25) is 14.1 Å². The summed E-state index contributed by atoms with van der Waals surface area (Å²) in [6, 6.07) is 0. The van der Waals surface area contributed by atoms with Crippen LogP contribution in [0.3, 0.4) is 0 Å². The average Bonchev–Trinajstić information content (AvgIpc) is 2.33. The summed E-state index contributed by atoms with van der Waals surface area (Å²) in [7, 11) is -4.75. The first-order valence-electron chi connectivity index (χ1n) is 6.23. The van der Waals surface area contributed by atoms with Crippen LogP contribution in [0.25, 0.3) is 0 Å². The first-order valence-corrected chi connectivity index (χ1v) is 7.76. The predicted molar refractivity (Wildman–Crippen MR) is 67.4 cm³/mol. The number of hydrogen-bond donors (Lipinski definition) is 3. The molecule has 0 aliphatic heterocycles. The Hall–Kier alpha value is -0.590. The van der Waals surface area contributed by atoms with Crippen molar-refractivity contribution in [2.75, 3.05) is 6.61 Å². The number of carbonyl (C=O) groups is 2. The third-order valence-corrected chi connectivity index (χ3v) is 2.97. The minimum atomic E-state index is -4.75. The average molecular weight is 296 g/mol. The Morgan fingerprint density at radius 3 is 2.26 bits per heavy atom. The molecular formula is C11H21O7P. The lowest BCUT2D eigenvalue weighted by Gasteiger charge is -2.10. The maximum Gasteiger partial charge on any atom is 0.469 e. The van der Waals surface area contributed by atoms with E-state index < -0.39 is 32.1 Å². The lowest BCUT2D eigenvalue weighted by atomic mass is 10.0. The minimum absolute atomic E-state index is 0.0372. The Morgan fingerprint density at radius 1 is 1.16 bits per heavy atom. The SMILES string of the molecule is CCCCCCCC(=O)C(=O)C(O)COP(=O)(O)O. The standard InChI is InChI=1S/C11H21O7P/c1-2-3-4-5-6-7-9(12)11(14)10(13)8-18-19(15,16)17/h10,13H,2-8H2,1H3,(H2,15,16,17). The fraction of sp³-hybridized carbons (Fsp3) is 0.818. The van der Waals surface area contributed by atoms with Crippen LogP contribution in [0.5, 0.6) is 0 Å². The summed E-state index contributed by atoms with van der Waals surface area (Å²) in [6.45, 7) is 1.18. The van der Waals surface area contributed by atoms with Crippen molar-refractivity contribution in [3.05, 3.63) is 0 Å². The van der Waals surface area contributed by atoms with Crippen LogP contribution in [0.2, 0.25) is 0 Å². The van der Waals surface area contributed by atoms with Gasteiger partial charge < -0.3 is 14.9 Å².